The first-order chi connectivity index (χ1) is 17.1. The minimum absolute atomic E-state index is 0.145. The molecule has 15 heteroatoms. The van der Waals surface area contributed by atoms with E-state index in [0.717, 1.165) is 36.5 Å². The lowest BCUT2D eigenvalue weighted by molar-refractivity contribution is -0.137. The van der Waals surface area contributed by atoms with E-state index >= 15 is 0 Å². The summed E-state index contributed by atoms with van der Waals surface area (Å²) in [4.78, 5) is 35.2. The third-order valence-corrected chi connectivity index (χ3v) is 7.59. The quantitative estimate of drug-likeness (QED) is 0.473. The largest absolute Gasteiger partial charge is 0.416 e. The van der Waals surface area contributed by atoms with Crippen LogP contribution in [0.25, 0.3) is 5.13 Å². The first-order valence-electron chi connectivity index (χ1n) is 11.0. The van der Waals surface area contributed by atoms with Crippen LogP contribution in [0.3, 0.4) is 0 Å². The summed E-state index contributed by atoms with van der Waals surface area (Å²) >= 11 is 1.08. The molecule has 1 N–H and O–H groups in total. The van der Waals surface area contributed by atoms with Crippen LogP contribution < -0.4 is 5.32 Å². The van der Waals surface area contributed by atoms with E-state index in [1.54, 1.807) is 21.0 Å². The molecule has 1 aliphatic rings. The van der Waals surface area contributed by atoms with E-state index in [4.69, 9.17) is 0 Å². The molecule has 2 heterocycles. The minimum Gasteiger partial charge on any atom is -0.344 e. The van der Waals surface area contributed by atoms with Crippen molar-refractivity contribution in [3.05, 3.63) is 52.0 Å². The number of benzene rings is 1. The Labute approximate surface area is 214 Å². The van der Waals surface area contributed by atoms with Crippen molar-refractivity contribution >= 4 is 33.0 Å². The Kier molecular flexibility index (Phi) is 6.88. The van der Waals surface area contributed by atoms with E-state index in [0.29, 0.717) is 28.0 Å². The Bertz CT molecular complexity index is 1480. The number of aromatic nitrogens is 4. The van der Waals surface area contributed by atoms with Gasteiger partial charge in [0.25, 0.3) is 11.8 Å². The maximum atomic E-state index is 13.4. The second kappa shape index (κ2) is 9.52. The summed E-state index contributed by atoms with van der Waals surface area (Å²) < 4.78 is 65.4. The van der Waals surface area contributed by atoms with E-state index < -0.39 is 44.0 Å². The van der Waals surface area contributed by atoms with Gasteiger partial charge in [-0.25, -0.2) is 18.4 Å². The second-order valence-electron chi connectivity index (χ2n) is 8.93. The molecular formula is C22H23F3N6O4S2. The summed E-state index contributed by atoms with van der Waals surface area (Å²) in [7, 11) is -0.808. The molecule has 1 aromatic carbocycles. The van der Waals surface area contributed by atoms with Crippen molar-refractivity contribution < 1.29 is 31.2 Å². The number of alkyl halides is 3. The maximum Gasteiger partial charge on any atom is 0.416 e. The molecule has 37 heavy (non-hydrogen) atoms. The number of rotatable bonds is 7. The molecule has 1 saturated carbocycles. The number of amides is 2. The summed E-state index contributed by atoms with van der Waals surface area (Å²) in [6, 6.07) is 1.13. The van der Waals surface area contributed by atoms with Gasteiger partial charge >= 0.3 is 6.18 Å². The van der Waals surface area contributed by atoms with Crippen LogP contribution in [-0.2, 0) is 16.0 Å². The van der Waals surface area contributed by atoms with Crippen LogP contribution in [0.4, 0.5) is 13.2 Å². The minimum atomic E-state index is -4.85. The zero-order valence-corrected chi connectivity index (χ0v) is 21.8. The van der Waals surface area contributed by atoms with Crippen LogP contribution in [0.15, 0.2) is 29.3 Å². The van der Waals surface area contributed by atoms with Gasteiger partial charge in [0.1, 0.15) is 4.88 Å². The number of hydrogen-bond acceptors (Lipinski definition) is 8. The molecule has 0 radical (unpaired) electrons. The predicted molar refractivity (Wildman–Crippen MR) is 127 cm³/mol. The molecule has 4 rings (SSSR count). The van der Waals surface area contributed by atoms with Gasteiger partial charge in [-0.2, -0.15) is 17.9 Å². The van der Waals surface area contributed by atoms with Crippen LogP contribution in [0.1, 0.15) is 69.0 Å². The first-order valence-corrected chi connectivity index (χ1v) is 13.7. The fraction of sp³-hybridized carbons (Fsp3) is 0.409. The fourth-order valence-electron chi connectivity index (χ4n) is 3.41. The highest BCUT2D eigenvalue weighted by atomic mass is 32.2. The molecule has 2 amide bonds. The average Bonchev–Trinajstić information content (AvgIpc) is 3.37. The number of carbonyl (C=O) groups excluding carboxylic acids is 2. The monoisotopic (exact) mass is 556 g/mol. The standard InChI is InChI=1S/C22H23F3N6O4S2/c1-11(27-19(32)13-7-14(22(23,24)25)9-15(8-13)37(4,34)35)18-28-17(12-5-6-12)29-31(18)21-26-10-16(36-21)20(33)30(2)3/h7-12H,5-6H2,1-4H3,(H,27,32)/t11-/m0/s1. The molecule has 0 spiro atoms. The van der Waals surface area contributed by atoms with Crippen LogP contribution >= 0.6 is 11.3 Å². The summed E-state index contributed by atoms with van der Waals surface area (Å²) in [5, 5.41) is 7.41. The van der Waals surface area contributed by atoms with Gasteiger partial charge in [0.2, 0.25) is 5.13 Å². The summed E-state index contributed by atoms with van der Waals surface area (Å²) in [5.74, 6) is -0.227. The van der Waals surface area contributed by atoms with E-state index in [2.05, 4.69) is 20.4 Å². The molecular weight excluding hydrogens is 533 g/mol. The number of halogens is 3. The van der Waals surface area contributed by atoms with Gasteiger partial charge in [0, 0.05) is 31.8 Å². The van der Waals surface area contributed by atoms with Crippen molar-refractivity contribution in [3.63, 3.8) is 0 Å². The third-order valence-electron chi connectivity index (χ3n) is 5.54. The van der Waals surface area contributed by atoms with Gasteiger partial charge in [-0.3, -0.25) is 9.59 Å². The number of sulfone groups is 1. The fourth-order valence-corrected chi connectivity index (χ4v) is 4.99. The van der Waals surface area contributed by atoms with Crippen molar-refractivity contribution in [1.82, 2.24) is 30.0 Å². The van der Waals surface area contributed by atoms with Crippen molar-refractivity contribution in [2.75, 3.05) is 20.4 Å². The molecule has 0 bridgehead atoms. The molecule has 1 aliphatic carbocycles. The van der Waals surface area contributed by atoms with E-state index in [9.17, 15) is 31.2 Å². The van der Waals surface area contributed by atoms with Crippen molar-refractivity contribution in [3.8, 4) is 5.13 Å². The predicted octanol–water partition coefficient (Wildman–Crippen LogP) is 3.22. The Hall–Kier alpha value is -3.33. The zero-order valence-electron chi connectivity index (χ0n) is 20.2. The lowest BCUT2D eigenvalue weighted by Crippen LogP contribution is -2.29. The number of nitrogens with zero attached hydrogens (tertiary/aromatic N) is 5. The van der Waals surface area contributed by atoms with Crippen LogP contribution in [-0.4, -0.2) is 65.2 Å². The SMILES string of the molecule is C[C@H](NC(=O)c1cc(C(F)(F)F)cc(S(C)(=O)=O)c1)c1nc(C2CC2)nn1-c1ncc(C(=O)N(C)C)s1. The van der Waals surface area contributed by atoms with Crippen LogP contribution in [0.5, 0.6) is 0 Å². The van der Waals surface area contributed by atoms with E-state index in [-0.39, 0.29) is 17.6 Å². The zero-order chi connectivity index (χ0) is 27.3. The number of carbonyl (C=O) groups is 2. The van der Waals surface area contributed by atoms with Gasteiger partial charge in [0.15, 0.2) is 21.5 Å². The highest BCUT2D eigenvalue weighted by Crippen LogP contribution is 2.39. The Balaban J connectivity index is 1.67. The maximum absolute atomic E-state index is 13.4. The van der Waals surface area contributed by atoms with E-state index in [1.165, 1.54) is 15.8 Å². The molecule has 2 aromatic heterocycles. The topological polar surface area (TPSA) is 127 Å². The number of nitrogens with one attached hydrogen (secondary N) is 1. The molecule has 3 aromatic rings. The molecule has 198 valence electrons. The van der Waals surface area contributed by atoms with Gasteiger partial charge in [-0.15, -0.1) is 5.10 Å². The Morgan fingerprint density at radius 1 is 1.22 bits per heavy atom. The summed E-state index contributed by atoms with van der Waals surface area (Å²) in [6.45, 7) is 1.57. The molecule has 1 atom stereocenters. The lowest BCUT2D eigenvalue weighted by Gasteiger charge is -2.15. The van der Waals surface area contributed by atoms with Gasteiger partial charge in [-0.1, -0.05) is 11.3 Å². The van der Waals surface area contributed by atoms with Gasteiger partial charge in [0.05, 0.1) is 22.7 Å². The van der Waals surface area contributed by atoms with Gasteiger partial charge < -0.3 is 10.2 Å². The third kappa shape index (κ3) is 5.82. The molecule has 0 unspecified atom stereocenters. The first kappa shape index (κ1) is 26.7. The van der Waals surface area contributed by atoms with Crippen molar-refractivity contribution in [2.45, 2.75) is 42.8 Å². The number of hydrogen-bond donors (Lipinski definition) is 1. The molecule has 0 aliphatic heterocycles. The van der Waals surface area contributed by atoms with Crippen molar-refractivity contribution in [2.24, 2.45) is 0 Å². The highest BCUT2D eigenvalue weighted by molar-refractivity contribution is 7.90. The van der Waals surface area contributed by atoms with Gasteiger partial charge in [-0.05, 0) is 38.0 Å². The highest BCUT2D eigenvalue weighted by Gasteiger charge is 2.34. The average molecular weight is 557 g/mol. The van der Waals surface area contributed by atoms with Crippen LogP contribution in [0, 0.1) is 0 Å². The normalized spacial score (nSPS) is 14.9. The van der Waals surface area contributed by atoms with Crippen LogP contribution in [0.2, 0.25) is 0 Å². The van der Waals surface area contributed by atoms with Crippen molar-refractivity contribution in [1.29, 1.82) is 0 Å². The second-order valence-corrected chi connectivity index (χ2v) is 12.0. The molecule has 10 nitrogen and oxygen atoms in total. The summed E-state index contributed by atoms with van der Waals surface area (Å²) in [5.41, 5.74) is -1.73. The smallest absolute Gasteiger partial charge is 0.344 e. The molecule has 1 fully saturated rings. The molecule has 0 saturated heterocycles. The summed E-state index contributed by atoms with van der Waals surface area (Å²) in [6.07, 6.45) is -0.899. The Morgan fingerprint density at radius 3 is 2.46 bits per heavy atom. The lowest BCUT2D eigenvalue weighted by atomic mass is 10.1. The van der Waals surface area contributed by atoms with E-state index in [1.807, 2.05) is 0 Å². The Morgan fingerprint density at radius 2 is 1.89 bits per heavy atom. The number of thiazole rings is 1.